The van der Waals surface area contributed by atoms with Gasteiger partial charge in [0.1, 0.15) is 0 Å². The Balaban J connectivity index is 1.68. The van der Waals surface area contributed by atoms with Crippen molar-refractivity contribution in [1.29, 1.82) is 0 Å². The molecule has 4 aromatic rings. The fraction of sp³-hybridized carbons (Fsp3) is 0.200. The van der Waals surface area contributed by atoms with Gasteiger partial charge in [0.2, 0.25) is 0 Å². The van der Waals surface area contributed by atoms with Crippen molar-refractivity contribution < 1.29 is 21.4 Å². The number of aromatic amines is 1. The minimum absolute atomic E-state index is 0.0379. The summed E-state index contributed by atoms with van der Waals surface area (Å²) in [5.41, 5.74) is 4.24. The molecular weight excluding hydrogens is 472 g/mol. The zero-order valence-electron chi connectivity index (χ0n) is 18.8. The number of hydrogen-bond acceptors (Lipinski definition) is 4. The van der Waals surface area contributed by atoms with Crippen molar-refractivity contribution in [3.8, 4) is 0 Å². The normalized spacial score (nSPS) is 13.6. The van der Waals surface area contributed by atoms with E-state index in [2.05, 4.69) is 4.98 Å². The second-order valence-corrected chi connectivity index (χ2v) is 10.6. The maximum atomic E-state index is 12.9. The lowest BCUT2D eigenvalue weighted by Gasteiger charge is -2.29. The molecule has 7 nitrogen and oxygen atoms in total. The average Bonchev–Trinajstić information content (AvgIpc) is 3.22. The smallest absolute Gasteiger partial charge is 0.297 e. The lowest BCUT2D eigenvalue weighted by molar-refractivity contribution is 0.291. The summed E-state index contributed by atoms with van der Waals surface area (Å²) in [5, 5.41) is 0.960. The van der Waals surface area contributed by atoms with E-state index in [4.69, 9.17) is 4.18 Å². The van der Waals surface area contributed by atoms with Gasteiger partial charge in [0.05, 0.1) is 23.2 Å². The minimum Gasteiger partial charge on any atom is -0.361 e. The van der Waals surface area contributed by atoms with Crippen LogP contribution in [0.3, 0.4) is 0 Å². The van der Waals surface area contributed by atoms with Crippen LogP contribution in [0.25, 0.3) is 10.9 Å². The molecule has 0 spiro atoms. The first kappa shape index (κ1) is 24.2. The Morgan fingerprint density at radius 2 is 1.59 bits per heavy atom. The van der Waals surface area contributed by atoms with Crippen molar-refractivity contribution in [2.75, 3.05) is 10.9 Å². The van der Waals surface area contributed by atoms with Gasteiger partial charge in [-0.15, -0.1) is 0 Å². The molecule has 0 fully saturated rings. The maximum absolute atomic E-state index is 12.9. The highest BCUT2D eigenvalue weighted by Gasteiger charge is 2.28. The Morgan fingerprint density at radius 1 is 0.971 bits per heavy atom. The number of benzene rings is 3. The van der Waals surface area contributed by atoms with Gasteiger partial charge < -0.3 is 4.98 Å². The van der Waals surface area contributed by atoms with Crippen LogP contribution in [0, 0.1) is 13.8 Å². The summed E-state index contributed by atoms with van der Waals surface area (Å²) >= 11 is -2.41. The fourth-order valence-electron chi connectivity index (χ4n) is 3.83. The molecule has 1 aromatic heterocycles. The van der Waals surface area contributed by atoms with E-state index in [9.17, 15) is 17.2 Å². The number of fused-ring (bicyclic) bond motifs is 1. The van der Waals surface area contributed by atoms with E-state index in [1.807, 2.05) is 56.4 Å². The van der Waals surface area contributed by atoms with Gasteiger partial charge >= 0.3 is 0 Å². The highest BCUT2D eigenvalue weighted by atomic mass is 32.2. The first-order valence-corrected chi connectivity index (χ1v) is 13.2. The number of aromatic nitrogens is 1. The van der Waals surface area contributed by atoms with Crippen molar-refractivity contribution in [3.63, 3.8) is 0 Å². The third-order valence-electron chi connectivity index (χ3n) is 5.64. The monoisotopic (exact) mass is 498 g/mol. The molecule has 2 N–H and O–H groups in total. The lowest BCUT2D eigenvalue weighted by atomic mass is 10.0. The van der Waals surface area contributed by atoms with Gasteiger partial charge in [0.25, 0.3) is 21.4 Å². The molecule has 4 rings (SSSR count). The van der Waals surface area contributed by atoms with Crippen molar-refractivity contribution >= 4 is 38.0 Å². The Bertz CT molecular complexity index is 1400. The van der Waals surface area contributed by atoms with Crippen molar-refractivity contribution in [2.45, 2.75) is 31.2 Å². The van der Waals surface area contributed by atoms with Gasteiger partial charge in [-0.05, 0) is 56.2 Å². The number of nitrogens with one attached hydrogen (secondary N) is 1. The Morgan fingerprint density at radius 3 is 2.24 bits per heavy atom. The molecule has 0 radical (unpaired) electrons. The molecule has 0 saturated heterocycles. The summed E-state index contributed by atoms with van der Waals surface area (Å²) in [7, 11) is -4.06. The molecule has 0 bridgehead atoms. The highest BCUT2D eigenvalue weighted by molar-refractivity contribution is 7.86. The molecule has 0 amide bonds. The van der Waals surface area contributed by atoms with Gasteiger partial charge in [-0.1, -0.05) is 53.6 Å². The minimum atomic E-state index is -4.06. The molecule has 0 aliphatic carbocycles. The molecule has 2 atom stereocenters. The number of nitrogens with zero attached hydrogens (tertiary/aromatic N) is 1. The molecule has 178 valence electrons. The SMILES string of the molecule is Cc1ccc(N(C(COS(=O)(=O)c2ccc(C)cc2)Cc2c[nH]c3ccccc23)S(=O)O)cc1. The topological polar surface area (TPSA) is 99.7 Å². The van der Waals surface area contributed by atoms with E-state index in [1.165, 1.54) is 16.4 Å². The van der Waals surface area contributed by atoms with Gasteiger partial charge in [-0.3, -0.25) is 13.0 Å². The number of H-pyrrole nitrogens is 1. The molecule has 9 heteroatoms. The molecule has 34 heavy (non-hydrogen) atoms. The van der Waals surface area contributed by atoms with Crippen LogP contribution < -0.4 is 4.31 Å². The number of para-hydroxylation sites is 1. The highest BCUT2D eigenvalue weighted by Crippen LogP contribution is 2.26. The Hall–Kier alpha value is -2.98. The molecular formula is C25H26N2O5S2. The van der Waals surface area contributed by atoms with Crippen molar-refractivity contribution in [3.05, 3.63) is 95.7 Å². The second-order valence-electron chi connectivity index (χ2n) is 8.16. The summed E-state index contributed by atoms with van der Waals surface area (Å²) in [6, 6.07) is 20.5. The maximum Gasteiger partial charge on any atom is 0.297 e. The standard InChI is InChI=1S/C25H26N2O5S2/c1-18-7-11-21(12-8-18)27(33(28)29)22(15-20-16-26-25-6-4-3-5-24(20)25)17-32-34(30,31)23-13-9-19(2)10-14-23/h3-14,16,22,26H,15,17H2,1-2H3,(H,28,29). The van der Waals surface area contributed by atoms with Crippen LogP contribution >= 0.6 is 0 Å². The van der Waals surface area contributed by atoms with Gasteiger partial charge in [0, 0.05) is 17.1 Å². The van der Waals surface area contributed by atoms with Crippen LogP contribution in [0.5, 0.6) is 0 Å². The predicted molar refractivity (Wildman–Crippen MR) is 135 cm³/mol. The summed E-state index contributed by atoms with van der Waals surface area (Å²) in [4.78, 5) is 3.23. The first-order chi connectivity index (χ1) is 16.2. The fourth-order valence-corrected chi connectivity index (χ4v) is 5.46. The van der Waals surface area contributed by atoms with E-state index in [-0.39, 0.29) is 17.9 Å². The van der Waals surface area contributed by atoms with Crippen LogP contribution in [0.4, 0.5) is 5.69 Å². The Kier molecular flexibility index (Phi) is 7.18. The number of rotatable bonds is 9. The number of aryl methyl sites for hydroxylation is 2. The van der Waals surface area contributed by atoms with Crippen LogP contribution in [0.15, 0.2) is 83.9 Å². The van der Waals surface area contributed by atoms with E-state index < -0.39 is 27.4 Å². The largest absolute Gasteiger partial charge is 0.361 e. The lowest BCUT2D eigenvalue weighted by Crippen LogP contribution is -2.42. The number of hydrogen-bond donors (Lipinski definition) is 2. The van der Waals surface area contributed by atoms with Crippen LogP contribution in [0.2, 0.25) is 0 Å². The van der Waals surface area contributed by atoms with Crippen molar-refractivity contribution in [2.24, 2.45) is 0 Å². The average molecular weight is 499 g/mol. The third-order valence-corrected chi connectivity index (χ3v) is 7.79. The van der Waals surface area contributed by atoms with Gasteiger partial charge in [-0.2, -0.15) is 8.42 Å². The van der Waals surface area contributed by atoms with E-state index in [1.54, 1.807) is 24.3 Å². The van der Waals surface area contributed by atoms with Crippen molar-refractivity contribution in [1.82, 2.24) is 4.98 Å². The first-order valence-electron chi connectivity index (χ1n) is 10.7. The molecule has 2 unspecified atom stereocenters. The van der Waals surface area contributed by atoms with Crippen LogP contribution in [-0.2, 0) is 32.0 Å². The van der Waals surface area contributed by atoms with E-state index in [0.717, 1.165) is 27.6 Å². The molecule has 0 aliphatic rings. The van der Waals surface area contributed by atoms with Crippen LogP contribution in [0.1, 0.15) is 16.7 Å². The summed E-state index contributed by atoms with van der Waals surface area (Å²) in [6.45, 7) is 3.48. The molecule has 1 heterocycles. The van der Waals surface area contributed by atoms with Gasteiger partial charge in [-0.25, -0.2) is 4.21 Å². The van der Waals surface area contributed by atoms with Gasteiger partial charge in [0.15, 0.2) is 0 Å². The third kappa shape index (κ3) is 5.39. The predicted octanol–water partition coefficient (Wildman–Crippen LogP) is 4.74. The quantitative estimate of drug-likeness (QED) is 0.256. The summed E-state index contributed by atoms with van der Waals surface area (Å²) in [5.74, 6) is 0. The zero-order valence-corrected chi connectivity index (χ0v) is 20.5. The summed E-state index contributed by atoms with van der Waals surface area (Å²) in [6.07, 6.45) is 2.12. The second kappa shape index (κ2) is 10.1. The van der Waals surface area contributed by atoms with E-state index in [0.29, 0.717) is 5.69 Å². The molecule has 0 aliphatic heterocycles. The molecule has 0 saturated carbocycles. The van der Waals surface area contributed by atoms with Crippen LogP contribution in [-0.4, -0.2) is 34.8 Å². The number of anilines is 1. The Labute approximate surface area is 201 Å². The molecule has 3 aromatic carbocycles. The zero-order chi connectivity index (χ0) is 24.3. The summed E-state index contributed by atoms with van der Waals surface area (Å²) < 4.78 is 55.1. The van der Waals surface area contributed by atoms with E-state index >= 15 is 0 Å².